The fraction of sp³-hybridized carbons (Fsp3) is 0.214. The Balaban J connectivity index is 2.12. The summed E-state index contributed by atoms with van der Waals surface area (Å²) in [6.45, 7) is 2.67. The molecule has 5 nitrogen and oxygen atoms in total. The van der Waals surface area contributed by atoms with Gasteiger partial charge in [-0.05, 0) is 24.6 Å². The number of aromatic nitrogens is 2. The summed E-state index contributed by atoms with van der Waals surface area (Å²) in [5.74, 6) is -1.83. The SMILES string of the molecule is CCCNc1nccc(C(=O)Nc2ccc(F)cc2F)n1. The van der Waals surface area contributed by atoms with E-state index in [9.17, 15) is 13.6 Å². The Morgan fingerprint density at radius 1 is 1.29 bits per heavy atom. The number of hydrogen-bond donors (Lipinski definition) is 2. The van der Waals surface area contributed by atoms with E-state index in [0.717, 1.165) is 18.6 Å². The maximum atomic E-state index is 13.5. The number of halogens is 2. The van der Waals surface area contributed by atoms with E-state index in [4.69, 9.17) is 0 Å². The van der Waals surface area contributed by atoms with Crippen molar-refractivity contribution in [3.63, 3.8) is 0 Å². The predicted molar refractivity (Wildman–Crippen MR) is 75.1 cm³/mol. The maximum Gasteiger partial charge on any atom is 0.274 e. The van der Waals surface area contributed by atoms with Gasteiger partial charge in [-0.3, -0.25) is 4.79 Å². The lowest BCUT2D eigenvalue weighted by atomic mass is 10.3. The molecule has 21 heavy (non-hydrogen) atoms. The van der Waals surface area contributed by atoms with Crippen LogP contribution < -0.4 is 10.6 Å². The minimum atomic E-state index is -0.846. The number of nitrogens with zero attached hydrogens (tertiary/aromatic N) is 2. The van der Waals surface area contributed by atoms with E-state index in [-0.39, 0.29) is 11.4 Å². The maximum absolute atomic E-state index is 13.5. The van der Waals surface area contributed by atoms with Crippen molar-refractivity contribution in [1.82, 2.24) is 9.97 Å². The third-order valence-electron chi connectivity index (χ3n) is 2.60. The summed E-state index contributed by atoms with van der Waals surface area (Å²) in [6.07, 6.45) is 2.32. The van der Waals surface area contributed by atoms with Crippen LogP contribution >= 0.6 is 0 Å². The van der Waals surface area contributed by atoms with E-state index >= 15 is 0 Å². The van der Waals surface area contributed by atoms with Crippen LogP contribution in [0.15, 0.2) is 30.5 Å². The van der Waals surface area contributed by atoms with Crippen molar-refractivity contribution in [2.24, 2.45) is 0 Å². The zero-order chi connectivity index (χ0) is 15.2. The fourth-order valence-electron chi connectivity index (χ4n) is 1.58. The van der Waals surface area contributed by atoms with Crippen LogP contribution in [0.3, 0.4) is 0 Å². The summed E-state index contributed by atoms with van der Waals surface area (Å²) < 4.78 is 26.3. The average molecular weight is 292 g/mol. The Hall–Kier alpha value is -2.57. The minimum Gasteiger partial charge on any atom is -0.354 e. The molecule has 1 heterocycles. The molecule has 0 fully saturated rings. The first-order chi connectivity index (χ1) is 10.1. The van der Waals surface area contributed by atoms with E-state index in [1.165, 1.54) is 12.3 Å². The second kappa shape index (κ2) is 6.74. The van der Waals surface area contributed by atoms with Crippen molar-refractivity contribution < 1.29 is 13.6 Å². The number of carbonyl (C=O) groups is 1. The van der Waals surface area contributed by atoms with Gasteiger partial charge in [0.15, 0.2) is 0 Å². The lowest BCUT2D eigenvalue weighted by Gasteiger charge is -2.07. The molecule has 0 aliphatic heterocycles. The lowest BCUT2D eigenvalue weighted by molar-refractivity contribution is 0.102. The van der Waals surface area contributed by atoms with Gasteiger partial charge in [0.2, 0.25) is 5.95 Å². The zero-order valence-electron chi connectivity index (χ0n) is 11.4. The Kier molecular flexibility index (Phi) is 4.76. The summed E-state index contributed by atoms with van der Waals surface area (Å²) in [5, 5.41) is 5.28. The van der Waals surface area contributed by atoms with Crippen LogP contribution in [-0.2, 0) is 0 Å². The number of rotatable bonds is 5. The smallest absolute Gasteiger partial charge is 0.274 e. The number of carbonyl (C=O) groups excluding carboxylic acids is 1. The Morgan fingerprint density at radius 3 is 2.81 bits per heavy atom. The molecule has 0 atom stereocenters. The summed E-state index contributed by atoms with van der Waals surface area (Å²) in [6, 6.07) is 4.32. The van der Waals surface area contributed by atoms with Gasteiger partial charge in [0.05, 0.1) is 5.69 Å². The van der Waals surface area contributed by atoms with Gasteiger partial charge < -0.3 is 10.6 Å². The van der Waals surface area contributed by atoms with E-state index in [1.807, 2.05) is 6.92 Å². The van der Waals surface area contributed by atoms with E-state index in [0.29, 0.717) is 18.6 Å². The Bertz CT molecular complexity index is 649. The third kappa shape index (κ3) is 3.95. The van der Waals surface area contributed by atoms with E-state index < -0.39 is 17.5 Å². The highest BCUT2D eigenvalue weighted by Gasteiger charge is 2.12. The monoisotopic (exact) mass is 292 g/mol. The molecule has 0 radical (unpaired) electrons. The first-order valence-electron chi connectivity index (χ1n) is 6.43. The van der Waals surface area contributed by atoms with Crippen molar-refractivity contribution >= 4 is 17.5 Å². The van der Waals surface area contributed by atoms with E-state index in [2.05, 4.69) is 20.6 Å². The molecule has 7 heteroatoms. The highest BCUT2D eigenvalue weighted by Crippen LogP contribution is 2.15. The molecule has 0 spiro atoms. The van der Waals surface area contributed by atoms with Gasteiger partial charge in [0.25, 0.3) is 5.91 Å². The zero-order valence-corrected chi connectivity index (χ0v) is 11.4. The Morgan fingerprint density at radius 2 is 2.10 bits per heavy atom. The molecular weight excluding hydrogens is 278 g/mol. The van der Waals surface area contributed by atoms with Crippen molar-refractivity contribution in [2.75, 3.05) is 17.2 Å². The number of nitrogens with one attached hydrogen (secondary N) is 2. The quantitative estimate of drug-likeness (QED) is 0.889. The molecule has 1 aromatic heterocycles. The predicted octanol–water partition coefficient (Wildman–Crippen LogP) is 2.83. The largest absolute Gasteiger partial charge is 0.354 e. The van der Waals surface area contributed by atoms with Gasteiger partial charge in [0.1, 0.15) is 17.3 Å². The van der Waals surface area contributed by atoms with Gasteiger partial charge in [-0.25, -0.2) is 18.7 Å². The number of anilines is 2. The average Bonchev–Trinajstić information content (AvgIpc) is 2.48. The summed E-state index contributed by atoms with van der Waals surface area (Å²) >= 11 is 0. The van der Waals surface area contributed by atoms with E-state index in [1.54, 1.807) is 0 Å². The van der Waals surface area contributed by atoms with Gasteiger partial charge >= 0.3 is 0 Å². The molecule has 0 unspecified atom stereocenters. The highest BCUT2D eigenvalue weighted by atomic mass is 19.1. The molecule has 110 valence electrons. The summed E-state index contributed by atoms with van der Waals surface area (Å²) in [4.78, 5) is 20.0. The van der Waals surface area contributed by atoms with Crippen LogP contribution in [0.1, 0.15) is 23.8 Å². The lowest BCUT2D eigenvalue weighted by Crippen LogP contribution is -2.16. The van der Waals surface area contributed by atoms with Crippen LogP contribution in [0.25, 0.3) is 0 Å². The summed E-state index contributed by atoms with van der Waals surface area (Å²) in [7, 11) is 0. The number of amides is 1. The molecule has 0 saturated carbocycles. The van der Waals surface area contributed by atoms with Gasteiger partial charge in [-0.15, -0.1) is 0 Å². The van der Waals surface area contributed by atoms with Crippen molar-refractivity contribution in [3.05, 3.63) is 47.8 Å². The molecule has 1 aromatic carbocycles. The second-order valence-corrected chi connectivity index (χ2v) is 4.27. The van der Waals surface area contributed by atoms with Gasteiger partial charge in [-0.2, -0.15) is 0 Å². The molecule has 2 rings (SSSR count). The molecule has 2 N–H and O–H groups in total. The molecule has 0 saturated heterocycles. The first-order valence-corrected chi connectivity index (χ1v) is 6.43. The van der Waals surface area contributed by atoms with Crippen LogP contribution in [-0.4, -0.2) is 22.4 Å². The second-order valence-electron chi connectivity index (χ2n) is 4.27. The molecule has 0 aliphatic rings. The van der Waals surface area contributed by atoms with Crippen LogP contribution in [0.2, 0.25) is 0 Å². The number of benzene rings is 1. The minimum absolute atomic E-state index is 0.0901. The molecular formula is C14H14F2N4O. The van der Waals surface area contributed by atoms with Crippen LogP contribution in [0.4, 0.5) is 20.4 Å². The van der Waals surface area contributed by atoms with Crippen LogP contribution in [0, 0.1) is 11.6 Å². The number of hydrogen-bond acceptors (Lipinski definition) is 4. The molecule has 1 amide bonds. The van der Waals surface area contributed by atoms with Gasteiger partial charge in [0, 0.05) is 18.8 Å². The van der Waals surface area contributed by atoms with Crippen molar-refractivity contribution in [2.45, 2.75) is 13.3 Å². The summed E-state index contributed by atoms with van der Waals surface area (Å²) in [5.41, 5.74) is -0.0181. The topological polar surface area (TPSA) is 66.9 Å². The van der Waals surface area contributed by atoms with Gasteiger partial charge in [-0.1, -0.05) is 6.92 Å². The van der Waals surface area contributed by atoms with Crippen molar-refractivity contribution in [3.8, 4) is 0 Å². The fourth-order valence-corrected chi connectivity index (χ4v) is 1.58. The highest BCUT2D eigenvalue weighted by molar-refractivity contribution is 6.03. The van der Waals surface area contributed by atoms with Crippen molar-refractivity contribution in [1.29, 1.82) is 0 Å². The van der Waals surface area contributed by atoms with Crippen LogP contribution in [0.5, 0.6) is 0 Å². The molecule has 0 bridgehead atoms. The Labute approximate surface area is 120 Å². The first kappa shape index (κ1) is 14.8. The molecule has 2 aromatic rings. The normalized spacial score (nSPS) is 10.2. The standard InChI is InChI=1S/C14H14F2N4O/c1-2-6-17-14-18-7-5-12(20-14)13(21)19-11-4-3-9(15)8-10(11)16/h3-5,7-8H,2,6H2,1H3,(H,19,21)(H,17,18,20). The third-order valence-corrected chi connectivity index (χ3v) is 2.60. The molecule has 0 aliphatic carbocycles.